The lowest BCUT2D eigenvalue weighted by atomic mass is 9.98. The minimum absolute atomic E-state index is 0.345. The number of benzene rings is 2. The van der Waals surface area contributed by atoms with Crippen LogP contribution in [0.1, 0.15) is 32.6 Å². The maximum Gasteiger partial charge on any atom is 0.335 e. The molecule has 0 heterocycles. The van der Waals surface area contributed by atoms with Crippen LogP contribution < -0.4 is 0 Å². The highest BCUT2D eigenvalue weighted by molar-refractivity contribution is 5.87. The monoisotopic (exact) mass is 240 g/mol. The fourth-order valence-electron chi connectivity index (χ4n) is 2.08. The van der Waals surface area contributed by atoms with E-state index < -0.39 is 5.97 Å². The van der Waals surface area contributed by atoms with Crippen molar-refractivity contribution in [1.29, 1.82) is 0 Å². The second-order valence-corrected chi connectivity index (χ2v) is 4.61. The number of carbonyl (C=O) groups is 1. The summed E-state index contributed by atoms with van der Waals surface area (Å²) in [4.78, 5) is 10.9. The molecule has 2 aromatic rings. The van der Waals surface area contributed by atoms with Crippen LogP contribution >= 0.6 is 0 Å². The Hall–Kier alpha value is -2.09. The van der Waals surface area contributed by atoms with Crippen molar-refractivity contribution in [3.8, 4) is 0 Å². The molecule has 0 saturated heterocycles. The Labute approximate surface area is 107 Å². The zero-order chi connectivity index (χ0) is 13.1. The molecular weight excluding hydrogens is 224 g/mol. The van der Waals surface area contributed by atoms with Crippen LogP contribution in [-0.4, -0.2) is 11.1 Å². The van der Waals surface area contributed by atoms with Crippen LogP contribution in [0.15, 0.2) is 42.5 Å². The zero-order valence-electron chi connectivity index (χ0n) is 10.6. The first kappa shape index (κ1) is 12.4. The van der Waals surface area contributed by atoms with Crippen LogP contribution in [0.2, 0.25) is 0 Å². The number of rotatable bonds is 3. The number of aromatic carboxylic acids is 1. The number of hydrogen-bond donors (Lipinski definition) is 1. The molecule has 0 unspecified atom stereocenters. The van der Waals surface area contributed by atoms with Crippen molar-refractivity contribution >= 4 is 5.97 Å². The molecule has 0 aliphatic heterocycles. The highest BCUT2D eigenvalue weighted by atomic mass is 16.4. The highest BCUT2D eigenvalue weighted by Crippen LogP contribution is 2.16. The lowest BCUT2D eigenvalue weighted by molar-refractivity contribution is 0.0697. The third kappa shape index (κ3) is 2.77. The minimum Gasteiger partial charge on any atom is -0.478 e. The third-order valence-electron chi connectivity index (χ3n) is 3.07. The van der Waals surface area contributed by atoms with E-state index in [-0.39, 0.29) is 0 Å². The van der Waals surface area contributed by atoms with Gasteiger partial charge in [-0.15, -0.1) is 0 Å². The average molecular weight is 240 g/mol. The second kappa shape index (κ2) is 5.05. The summed E-state index contributed by atoms with van der Waals surface area (Å²) >= 11 is 0. The SMILES string of the molecule is Cc1ccc(Cc2cccc(C(=O)O)c2)c(C)c1. The molecule has 2 nitrogen and oxygen atoms in total. The van der Waals surface area contributed by atoms with Gasteiger partial charge in [0.05, 0.1) is 5.56 Å². The molecule has 0 spiro atoms. The number of carboxylic acids is 1. The van der Waals surface area contributed by atoms with E-state index in [4.69, 9.17) is 5.11 Å². The van der Waals surface area contributed by atoms with Gasteiger partial charge in [0.25, 0.3) is 0 Å². The second-order valence-electron chi connectivity index (χ2n) is 4.61. The summed E-state index contributed by atoms with van der Waals surface area (Å²) in [6.07, 6.45) is 0.771. The van der Waals surface area contributed by atoms with Crippen molar-refractivity contribution in [2.75, 3.05) is 0 Å². The van der Waals surface area contributed by atoms with Gasteiger partial charge in [0, 0.05) is 0 Å². The molecule has 0 atom stereocenters. The van der Waals surface area contributed by atoms with Gasteiger partial charge in [-0.2, -0.15) is 0 Å². The van der Waals surface area contributed by atoms with E-state index in [0.717, 1.165) is 12.0 Å². The molecule has 0 saturated carbocycles. The van der Waals surface area contributed by atoms with E-state index in [0.29, 0.717) is 5.56 Å². The number of carboxylic acid groups (broad SMARTS) is 1. The van der Waals surface area contributed by atoms with Crippen molar-refractivity contribution in [3.05, 3.63) is 70.3 Å². The summed E-state index contributed by atoms with van der Waals surface area (Å²) < 4.78 is 0. The van der Waals surface area contributed by atoms with Gasteiger partial charge in [0.1, 0.15) is 0 Å². The van der Waals surface area contributed by atoms with Gasteiger partial charge in [-0.25, -0.2) is 4.79 Å². The molecule has 1 N–H and O–H groups in total. The predicted octanol–water partition coefficient (Wildman–Crippen LogP) is 3.59. The van der Waals surface area contributed by atoms with Crippen LogP contribution in [0.3, 0.4) is 0 Å². The van der Waals surface area contributed by atoms with E-state index in [2.05, 4.69) is 32.0 Å². The molecule has 2 aromatic carbocycles. The maximum absolute atomic E-state index is 10.9. The standard InChI is InChI=1S/C16H16O2/c1-11-6-7-14(12(2)8-11)9-13-4-3-5-15(10-13)16(17)18/h3-8,10H,9H2,1-2H3,(H,17,18). The van der Waals surface area contributed by atoms with E-state index in [9.17, 15) is 4.79 Å². The average Bonchev–Trinajstić information content (AvgIpc) is 2.33. The molecule has 0 radical (unpaired) electrons. The van der Waals surface area contributed by atoms with Crippen LogP contribution in [-0.2, 0) is 6.42 Å². The molecule has 92 valence electrons. The van der Waals surface area contributed by atoms with Gasteiger partial charge >= 0.3 is 5.97 Å². The molecule has 0 aliphatic carbocycles. The molecule has 0 aromatic heterocycles. The topological polar surface area (TPSA) is 37.3 Å². The number of aryl methyl sites for hydroxylation is 2. The highest BCUT2D eigenvalue weighted by Gasteiger charge is 2.05. The summed E-state index contributed by atoms with van der Waals surface area (Å²) in [5, 5.41) is 8.97. The van der Waals surface area contributed by atoms with Crippen molar-refractivity contribution in [3.63, 3.8) is 0 Å². The summed E-state index contributed by atoms with van der Waals surface area (Å²) in [7, 11) is 0. The minimum atomic E-state index is -0.877. The van der Waals surface area contributed by atoms with Crippen LogP contribution in [0.5, 0.6) is 0 Å². The van der Waals surface area contributed by atoms with E-state index in [1.54, 1.807) is 18.2 Å². The molecule has 0 amide bonds. The Balaban J connectivity index is 2.28. The van der Waals surface area contributed by atoms with Crippen molar-refractivity contribution < 1.29 is 9.90 Å². The quantitative estimate of drug-likeness (QED) is 0.890. The normalized spacial score (nSPS) is 10.3. The number of hydrogen-bond acceptors (Lipinski definition) is 1. The molecule has 2 rings (SSSR count). The molecule has 0 fully saturated rings. The predicted molar refractivity (Wildman–Crippen MR) is 72.1 cm³/mol. The zero-order valence-corrected chi connectivity index (χ0v) is 10.6. The van der Waals surface area contributed by atoms with Crippen molar-refractivity contribution in [2.24, 2.45) is 0 Å². The van der Waals surface area contributed by atoms with Crippen molar-refractivity contribution in [2.45, 2.75) is 20.3 Å². The Morgan fingerprint density at radius 1 is 1.11 bits per heavy atom. The van der Waals surface area contributed by atoms with Crippen LogP contribution in [0.25, 0.3) is 0 Å². The fraction of sp³-hybridized carbons (Fsp3) is 0.188. The molecule has 0 bridgehead atoms. The maximum atomic E-state index is 10.9. The van der Waals surface area contributed by atoms with Gasteiger partial charge in [-0.1, -0.05) is 35.9 Å². The first-order valence-electron chi connectivity index (χ1n) is 5.94. The van der Waals surface area contributed by atoms with E-state index >= 15 is 0 Å². The molecular formula is C16H16O2. The molecule has 0 aliphatic rings. The van der Waals surface area contributed by atoms with Crippen LogP contribution in [0, 0.1) is 13.8 Å². The largest absolute Gasteiger partial charge is 0.478 e. The van der Waals surface area contributed by atoms with Crippen LogP contribution in [0.4, 0.5) is 0 Å². The molecule has 18 heavy (non-hydrogen) atoms. The lowest BCUT2D eigenvalue weighted by Crippen LogP contribution is -1.98. The smallest absolute Gasteiger partial charge is 0.335 e. The Morgan fingerprint density at radius 2 is 1.89 bits per heavy atom. The van der Waals surface area contributed by atoms with Gasteiger partial charge in [-0.05, 0) is 49.1 Å². The Morgan fingerprint density at radius 3 is 2.56 bits per heavy atom. The fourth-order valence-corrected chi connectivity index (χ4v) is 2.08. The summed E-state index contributed by atoms with van der Waals surface area (Å²) in [5.74, 6) is -0.877. The Bertz CT molecular complexity index is 585. The summed E-state index contributed by atoms with van der Waals surface area (Å²) in [6, 6.07) is 13.5. The first-order chi connectivity index (χ1) is 8.56. The third-order valence-corrected chi connectivity index (χ3v) is 3.07. The van der Waals surface area contributed by atoms with Crippen molar-refractivity contribution in [1.82, 2.24) is 0 Å². The van der Waals surface area contributed by atoms with Gasteiger partial charge in [0.2, 0.25) is 0 Å². The Kier molecular flexibility index (Phi) is 3.47. The van der Waals surface area contributed by atoms with Gasteiger partial charge in [-0.3, -0.25) is 0 Å². The van der Waals surface area contributed by atoms with E-state index in [1.807, 2.05) is 6.07 Å². The first-order valence-corrected chi connectivity index (χ1v) is 5.94. The molecule has 2 heteroatoms. The van der Waals surface area contributed by atoms with E-state index in [1.165, 1.54) is 16.7 Å². The van der Waals surface area contributed by atoms with Gasteiger partial charge in [0.15, 0.2) is 0 Å². The summed E-state index contributed by atoms with van der Waals surface area (Å²) in [6.45, 7) is 4.16. The summed E-state index contributed by atoms with van der Waals surface area (Å²) in [5.41, 5.74) is 5.11. The lowest BCUT2D eigenvalue weighted by Gasteiger charge is -2.07. The van der Waals surface area contributed by atoms with Gasteiger partial charge < -0.3 is 5.11 Å².